The van der Waals surface area contributed by atoms with Gasteiger partial charge in [-0.05, 0) is 61.5 Å². The lowest BCUT2D eigenvalue weighted by Crippen LogP contribution is -2.29. The van der Waals surface area contributed by atoms with Crippen LogP contribution in [0.15, 0.2) is 46.0 Å². The first-order valence-electron chi connectivity index (χ1n) is 10.6. The number of pyridine rings is 1. The summed E-state index contributed by atoms with van der Waals surface area (Å²) in [4.78, 5) is 30.5. The quantitative estimate of drug-likeness (QED) is 0.559. The zero-order valence-corrected chi connectivity index (χ0v) is 18.5. The Morgan fingerprint density at radius 3 is 2.75 bits per heavy atom. The van der Waals surface area contributed by atoms with Crippen LogP contribution in [-0.2, 0) is 11.3 Å². The number of methoxy groups -OCH3 is 1. The van der Waals surface area contributed by atoms with E-state index in [1.165, 1.54) is 24.8 Å². The van der Waals surface area contributed by atoms with Crippen molar-refractivity contribution in [3.63, 3.8) is 0 Å². The van der Waals surface area contributed by atoms with E-state index in [1.54, 1.807) is 25.6 Å². The van der Waals surface area contributed by atoms with E-state index in [-0.39, 0.29) is 5.24 Å². The molecular formula is C24H23N3O4S. The molecule has 2 aliphatic heterocycles. The Balaban J connectivity index is 1.53. The summed E-state index contributed by atoms with van der Waals surface area (Å²) in [6.07, 6.45) is 8.88. The van der Waals surface area contributed by atoms with Gasteiger partial charge in [0.25, 0.3) is 11.1 Å². The summed E-state index contributed by atoms with van der Waals surface area (Å²) in [5.41, 5.74) is 3.61. The van der Waals surface area contributed by atoms with Crippen molar-refractivity contribution in [2.45, 2.75) is 25.8 Å². The molecule has 164 valence electrons. The summed E-state index contributed by atoms with van der Waals surface area (Å²) in [6, 6.07) is 8.06. The highest BCUT2D eigenvalue weighted by atomic mass is 32.2. The van der Waals surface area contributed by atoms with Crippen LogP contribution in [0.5, 0.6) is 5.75 Å². The van der Waals surface area contributed by atoms with E-state index < -0.39 is 5.91 Å². The lowest BCUT2D eigenvalue weighted by Gasteiger charge is -2.26. The number of likely N-dealkylation sites (tertiary alicyclic amines) is 1. The number of hydrogen-bond acceptors (Lipinski definition) is 7. The molecule has 5 rings (SSSR count). The van der Waals surface area contributed by atoms with Gasteiger partial charge in [0.15, 0.2) is 0 Å². The van der Waals surface area contributed by atoms with Gasteiger partial charge in [0, 0.05) is 41.5 Å². The smallest absolute Gasteiger partial charge is 0.290 e. The first-order valence-corrected chi connectivity index (χ1v) is 11.4. The molecule has 2 saturated heterocycles. The van der Waals surface area contributed by atoms with Crippen LogP contribution in [0.2, 0.25) is 0 Å². The van der Waals surface area contributed by atoms with Crippen molar-refractivity contribution in [2.75, 3.05) is 20.2 Å². The number of ether oxygens (including phenoxy) is 1. The molecule has 2 aromatic heterocycles. The van der Waals surface area contributed by atoms with Gasteiger partial charge in [-0.15, -0.1) is 0 Å². The Morgan fingerprint density at radius 2 is 2.00 bits per heavy atom. The number of rotatable bonds is 5. The summed E-state index contributed by atoms with van der Waals surface area (Å²) in [6.45, 7) is 3.15. The molecule has 0 bridgehead atoms. The maximum atomic E-state index is 11.9. The molecule has 1 N–H and O–H groups in total. The van der Waals surface area contributed by atoms with E-state index >= 15 is 0 Å². The normalized spacial score (nSPS) is 18.5. The molecule has 3 aromatic rings. The highest BCUT2D eigenvalue weighted by Crippen LogP contribution is 2.37. The lowest BCUT2D eigenvalue weighted by atomic mass is 10.0. The fraction of sp³-hybridized carbons (Fsp3) is 0.292. The van der Waals surface area contributed by atoms with Crippen LogP contribution >= 0.6 is 11.8 Å². The molecule has 0 radical (unpaired) electrons. The fourth-order valence-corrected chi connectivity index (χ4v) is 4.90. The second-order valence-corrected chi connectivity index (χ2v) is 8.99. The van der Waals surface area contributed by atoms with Gasteiger partial charge in [-0.1, -0.05) is 12.5 Å². The minimum absolute atomic E-state index is 0.310. The number of piperidine rings is 1. The number of nitrogens with zero attached hydrogens (tertiary/aromatic N) is 2. The van der Waals surface area contributed by atoms with Crippen molar-refractivity contribution in [1.29, 1.82) is 0 Å². The number of benzene rings is 1. The monoisotopic (exact) mass is 449 g/mol. The van der Waals surface area contributed by atoms with Gasteiger partial charge in [-0.2, -0.15) is 0 Å². The minimum Gasteiger partial charge on any atom is -0.496 e. The molecule has 2 amide bonds. The van der Waals surface area contributed by atoms with Crippen molar-refractivity contribution >= 4 is 40.0 Å². The SMILES string of the molecule is COc1ccc(CN2CCCCC2)cc1-c1cncc2cc(/C=C3/SC(=O)NC3=O)oc12. The first-order chi connectivity index (χ1) is 15.6. The largest absolute Gasteiger partial charge is 0.496 e. The zero-order valence-electron chi connectivity index (χ0n) is 17.7. The Bertz CT molecular complexity index is 1230. The maximum Gasteiger partial charge on any atom is 0.290 e. The van der Waals surface area contributed by atoms with E-state index in [0.29, 0.717) is 16.2 Å². The molecule has 2 fully saturated rings. The van der Waals surface area contributed by atoms with Gasteiger partial charge in [-0.25, -0.2) is 0 Å². The number of amides is 2. The number of aromatic nitrogens is 1. The van der Waals surface area contributed by atoms with Gasteiger partial charge < -0.3 is 9.15 Å². The molecule has 2 aliphatic rings. The van der Waals surface area contributed by atoms with Crippen molar-refractivity contribution in [3.8, 4) is 16.9 Å². The van der Waals surface area contributed by atoms with Crippen molar-refractivity contribution in [1.82, 2.24) is 15.2 Å². The topological polar surface area (TPSA) is 84.7 Å². The molecule has 8 heteroatoms. The number of nitrogens with one attached hydrogen (secondary N) is 1. The van der Waals surface area contributed by atoms with Crippen molar-refractivity contribution in [3.05, 3.63) is 52.9 Å². The van der Waals surface area contributed by atoms with Gasteiger partial charge >= 0.3 is 0 Å². The van der Waals surface area contributed by atoms with Gasteiger partial charge in [0.2, 0.25) is 0 Å². The molecule has 0 saturated carbocycles. The van der Waals surface area contributed by atoms with Crippen LogP contribution in [0.25, 0.3) is 28.2 Å². The van der Waals surface area contributed by atoms with E-state index in [2.05, 4.69) is 27.3 Å². The number of carbonyl (C=O) groups is 2. The van der Waals surface area contributed by atoms with E-state index in [9.17, 15) is 9.59 Å². The number of fused-ring (bicyclic) bond motifs is 1. The summed E-state index contributed by atoms with van der Waals surface area (Å²) in [5, 5.41) is 2.69. The summed E-state index contributed by atoms with van der Waals surface area (Å²) in [5.74, 6) is 0.824. The fourth-order valence-electron chi connectivity index (χ4n) is 4.24. The van der Waals surface area contributed by atoms with E-state index in [1.807, 2.05) is 12.1 Å². The molecule has 0 unspecified atom stereocenters. The van der Waals surface area contributed by atoms with Gasteiger partial charge in [-0.3, -0.25) is 24.8 Å². The number of furan rings is 1. The number of hydrogen-bond donors (Lipinski definition) is 1. The second kappa shape index (κ2) is 8.80. The highest BCUT2D eigenvalue weighted by Gasteiger charge is 2.26. The van der Waals surface area contributed by atoms with Crippen LogP contribution in [0, 0.1) is 0 Å². The lowest BCUT2D eigenvalue weighted by molar-refractivity contribution is -0.115. The predicted octanol–water partition coefficient (Wildman–Crippen LogP) is 4.81. The van der Waals surface area contributed by atoms with Crippen LogP contribution < -0.4 is 10.1 Å². The molecule has 32 heavy (non-hydrogen) atoms. The number of imide groups is 1. The molecular weight excluding hydrogens is 426 g/mol. The number of thioether (sulfide) groups is 1. The van der Waals surface area contributed by atoms with Crippen LogP contribution in [0.1, 0.15) is 30.6 Å². The third-order valence-corrected chi connectivity index (χ3v) is 6.58. The van der Waals surface area contributed by atoms with Crippen molar-refractivity contribution < 1.29 is 18.7 Å². The van der Waals surface area contributed by atoms with Crippen molar-refractivity contribution in [2.24, 2.45) is 0 Å². The molecule has 1 aromatic carbocycles. The first kappa shape index (κ1) is 20.8. The van der Waals surface area contributed by atoms with Crippen LogP contribution in [-0.4, -0.2) is 41.2 Å². The third kappa shape index (κ3) is 4.16. The summed E-state index contributed by atoms with van der Waals surface area (Å²) in [7, 11) is 1.65. The van der Waals surface area contributed by atoms with Crippen LogP contribution in [0.4, 0.5) is 4.79 Å². The Kier molecular flexibility index (Phi) is 5.71. The molecule has 4 heterocycles. The second-order valence-electron chi connectivity index (χ2n) is 7.98. The highest BCUT2D eigenvalue weighted by molar-refractivity contribution is 8.18. The summed E-state index contributed by atoms with van der Waals surface area (Å²) >= 11 is 0.865. The molecule has 7 nitrogen and oxygen atoms in total. The minimum atomic E-state index is -0.411. The molecule has 0 aliphatic carbocycles. The average Bonchev–Trinajstić information content (AvgIpc) is 3.35. The van der Waals surface area contributed by atoms with Gasteiger partial charge in [0.05, 0.1) is 12.0 Å². The molecule has 0 atom stereocenters. The Hall–Kier alpha value is -3.10. The summed E-state index contributed by atoms with van der Waals surface area (Å²) < 4.78 is 11.7. The van der Waals surface area contributed by atoms with Crippen LogP contribution in [0.3, 0.4) is 0 Å². The zero-order chi connectivity index (χ0) is 22.1. The Labute approximate surface area is 189 Å². The average molecular weight is 450 g/mol. The third-order valence-electron chi connectivity index (χ3n) is 5.77. The maximum absolute atomic E-state index is 11.9. The van der Waals surface area contributed by atoms with Gasteiger partial charge in [0.1, 0.15) is 17.1 Å². The standard InChI is InChI=1S/C24H23N3O4S/c1-30-20-6-5-15(14-27-7-3-2-4-8-27)9-18(20)19-13-25-12-16-10-17(31-22(16)19)11-21-23(28)26-24(29)32-21/h5-6,9-13H,2-4,7-8,14H2,1H3,(H,26,28,29)/b21-11+. The molecule has 0 spiro atoms. The van der Waals surface area contributed by atoms with E-state index in [4.69, 9.17) is 9.15 Å². The predicted molar refractivity (Wildman–Crippen MR) is 124 cm³/mol. The van der Waals surface area contributed by atoms with E-state index in [0.717, 1.165) is 53.7 Å². The Morgan fingerprint density at radius 1 is 1.16 bits per heavy atom. The number of carbonyl (C=O) groups excluding carboxylic acids is 2.